The van der Waals surface area contributed by atoms with Crippen LogP contribution < -0.4 is 5.73 Å². The summed E-state index contributed by atoms with van der Waals surface area (Å²) in [6.07, 6.45) is 2.75. The molecule has 0 atom stereocenters. The number of halogens is 1. The lowest BCUT2D eigenvalue weighted by atomic mass is 9.90. The van der Waals surface area contributed by atoms with Crippen LogP contribution in [0.5, 0.6) is 0 Å². The number of benzene rings is 1. The van der Waals surface area contributed by atoms with Gasteiger partial charge in [0.15, 0.2) is 0 Å². The third kappa shape index (κ3) is 3.95. The van der Waals surface area contributed by atoms with E-state index in [-0.39, 0.29) is 11.7 Å². The minimum Gasteiger partial charge on any atom is -0.337 e. The van der Waals surface area contributed by atoms with Gasteiger partial charge in [-0.25, -0.2) is 9.37 Å². The molecule has 0 spiro atoms. The predicted molar refractivity (Wildman–Crippen MR) is 88.7 cm³/mol. The number of carbonyl (C=O) groups is 1. The van der Waals surface area contributed by atoms with Crippen LogP contribution >= 0.6 is 11.3 Å². The molecule has 0 unspecified atom stereocenters. The maximum Gasteiger partial charge on any atom is 0.273 e. The fourth-order valence-corrected chi connectivity index (χ4v) is 3.65. The molecule has 2 N–H and O–H groups in total. The SMILES string of the molecule is NCc1nc(C(=O)N2CCC(Cc3cccc(F)c3)CC2)cs1. The van der Waals surface area contributed by atoms with Crippen LogP contribution in [0.3, 0.4) is 0 Å². The summed E-state index contributed by atoms with van der Waals surface area (Å²) < 4.78 is 13.2. The number of thiazole rings is 1. The van der Waals surface area contributed by atoms with Gasteiger partial charge in [0.2, 0.25) is 0 Å². The van der Waals surface area contributed by atoms with Crippen LogP contribution in [0.1, 0.15) is 33.9 Å². The molecule has 1 amide bonds. The molecule has 1 aromatic carbocycles. The van der Waals surface area contributed by atoms with Crippen LogP contribution in [0, 0.1) is 11.7 Å². The van der Waals surface area contributed by atoms with Crippen molar-refractivity contribution >= 4 is 17.2 Å². The molecule has 0 saturated carbocycles. The Morgan fingerprint density at radius 3 is 2.83 bits per heavy atom. The van der Waals surface area contributed by atoms with E-state index < -0.39 is 0 Å². The van der Waals surface area contributed by atoms with Crippen molar-refractivity contribution < 1.29 is 9.18 Å². The van der Waals surface area contributed by atoms with Crippen molar-refractivity contribution in [3.05, 3.63) is 51.7 Å². The normalized spacial score (nSPS) is 15.8. The Morgan fingerprint density at radius 1 is 1.39 bits per heavy atom. The summed E-state index contributed by atoms with van der Waals surface area (Å²) in [6, 6.07) is 6.78. The van der Waals surface area contributed by atoms with Gasteiger partial charge in [0.1, 0.15) is 16.5 Å². The van der Waals surface area contributed by atoms with E-state index in [0.29, 0.717) is 18.2 Å². The molecule has 1 aromatic heterocycles. The smallest absolute Gasteiger partial charge is 0.273 e. The number of amides is 1. The molecule has 0 aliphatic carbocycles. The fraction of sp³-hybridized carbons (Fsp3) is 0.412. The minimum absolute atomic E-state index is 0.00912. The van der Waals surface area contributed by atoms with Crippen LogP contribution in [0.2, 0.25) is 0 Å². The maximum absolute atomic E-state index is 13.2. The van der Waals surface area contributed by atoms with Gasteiger partial charge in [-0.05, 0) is 42.9 Å². The van der Waals surface area contributed by atoms with E-state index in [0.717, 1.165) is 42.9 Å². The number of aromatic nitrogens is 1. The van der Waals surface area contributed by atoms with Crippen molar-refractivity contribution in [2.75, 3.05) is 13.1 Å². The standard InChI is InChI=1S/C17H20FN3OS/c18-14-3-1-2-13(9-14)8-12-4-6-21(7-5-12)17(22)15-11-23-16(10-19)20-15/h1-3,9,11-12H,4-8,10,19H2. The molecule has 2 aromatic rings. The van der Waals surface area contributed by atoms with Gasteiger partial charge in [0.05, 0.1) is 0 Å². The van der Waals surface area contributed by atoms with Crippen molar-refractivity contribution in [1.82, 2.24) is 9.88 Å². The van der Waals surface area contributed by atoms with Crippen LogP contribution in [0.15, 0.2) is 29.6 Å². The molecule has 1 fully saturated rings. The molecule has 6 heteroatoms. The van der Waals surface area contributed by atoms with Gasteiger partial charge in [-0.2, -0.15) is 0 Å². The number of hydrogen-bond acceptors (Lipinski definition) is 4. The number of likely N-dealkylation sites (tertiary alicyclic amines) is 1. The van der Waals surface area contributed by atoms with Crippen LogP contribution in [-0.2, 0) is 13.0 Å². The molecule has 0 bridgehead atoms. The van der Waals surface area contributed by atoms with Gasteiger partial charge in [0, 0.05) is 25.0 Å². The second-order valence-electron chi connectivity index (χ2n) is 5.90. The van der Waals surface area contributed by atoms with Crippen molar-refractivity contribution in [2.24, 2.45) is 11.7 Å². The summed E-state index contributed by atoms with van der Waals surface area (Å²) in [7, 11) is 0. The van der Waals surface area contributed by atoms with E-state index in [9.17, 15) is 9.18 Å². The first kappa shape index (κ1) is 16.1. The highest BCUT2D eigenvalue weighted by molar-refractivity contribution is 7.09. The van der Waals surface area contributed by atoms with Crippen molar-refractivity contribution in [2.45, 2.75) is 25.8 Å². The number of carbonyl (C=O) groups excluding carboxylic acids is 1. The lowest BCUT2D eigenvalue weighted by Gasteiger charge is -2.31. The highest BCUT2D eigenvalue weighted by Crippen LogP contribution is 2.23. The van der Waals surface area contributed by atoms with Crippen LogP contribution in [0.4, 0.5) is 4.39 Å². The summed E-state index contributed by atoms with van der Waals surface area (Å²) >= 11 is 1.43. The number of rotatable bonds is 4. The van der Waals surface area contributed by atoms with Gasteiger partial charge >= 0.3 is 0 Å². The second-order valence-corrected chi connectivity index (χ2v) is 6.84. The molecule has 0 radical (unpaired) electrons. The Bertz CT molecular complexity index is 680. The predicted octanol–water partition coefficient (Wildman–Crippen LogP) is 2.84. The second kappa shape index (κ2) is 7.19. The number of nitrogens with two attached hydrogens (primary N) is 1. The largest absolute Gasteiger partial charge is 0.337 e. The molecular weight excluding hydrogens is 313 g/mol. The third-order valence-corrected chi connectivity index (χ3v) is 5.13. The maximum atomic E-state index is 13.2. The Labute approximate surface area is 139 Å². The summed E-state index contributed by atoms with van der Waals surface area (Å²) in [5.41, 5.74) is 7.07. The van der Waals surface area contributed by atoms with E-state index in [1.54, 1.807) is 17.5 Å². The Balaban J connectivity index is 1.54. The first-order valence-electron chi connectivity index (χ1n) is 7.84. The molecule has 23 heavy (non-hydrogen) atoms. The van der Waals surface area contributed by atoms with Crippen molar-refractivity contribution in [3.8, 4) is 0 Å². The topological polar surface area (TPSA) is 59.2 Å². The molecule has 1 aliphatic rings. The van der Waals surface area contributed by atoms with Gasteiger partial charge in [-0.15, -0.1) is 11.3 Å². The average Bonchev–Trinajstić information content (AvgIpc) is 3.04. The van der Waals surface area contributed by atoms with Crippen molar-refractivity contribution in [3.63, 3.8) is 0 Å². The van der Waals surface area contributed by atoms with E-state index in [2.05, 4.69) is 4.98 Å². The van der Waals surface area contributed by atoms with Gasteiger partial charge in [0.25, 0.3) is 5.91 Å². The lowest BCUT2D eigenvalue weighted by Crippen LogP contribution is -2.39. The van der Waals surface area contributed by atoms with Gasteiger partial charge in [-0.1, -0.05) is 12.1 Å². The van der Waals surface area contributed by atoms with Gasteiger partial charge < -0.3 is 10.6 Å². The summed E-state index contributed by atoms with van der Waals surface area (Å²) in [5.74, 6) is 0.301. The Morgan fingerprint density at radius 2 is 2.17 bits per heavy atom. The van der Waals surface area contributed by atoms with E-state index >= 15 is 0 Å². The van der Waals surface area contributed by atoms with E-state index in [1.165, 1.54) is 17.4 Å². The quantitative estimate of drug-likeness (QED) is 0.936. The molecule has 1 saturated heterocycles. The van der Waals surface area contributed by atoms with E-state index in [4.69, 9.17) is 5.73 Å². The average molecular weight is 333 g/mol. The molecule has 2 heterocycles. The highest BCUT2D eigenvalue weighted by Gasteiger charge is 2.25. The summed E-state index contributed by atoms with van der Waals surface area (Å²) in [4.78, 5) is 18.5. The van der Waals surface area contributed by atoms with Crippen molar-refractivity contribution in [1.29, 1.82) is 0 Å². The summed E-state index contributed by atoms with van der Waals surface area (Å²) in [6.45, 7) is 1.83. The molecule has 1 aliphatic heterocycles. The zero-order valence-corrected chi connectivity index (χ0v) is 13.7. The van der Waals surface area contributed by atoms with Crippen LogP contribution in [0.25, 0.3) is 0 Å². The van der Waals surface area contributed by atoms with E-state index in [1.807, 2.05) is 11.0 Å². The lowest BCUT2D eigenvalue weighted by molar-refractivity contribution is 0.0685. The van der Waals surface area contributed by atoms with Gasteiger partial charge in [-0.3, -0.25) is 4.79 Å². The zero-order chi connectivity index (χ0) is 16.2. The number of piperidine rings is 1. The number of nitrogens with zero attached hydrogens (tertiary/aromatic N) is 2. The first-order chi connectivity index (χ1) is 11.2. The zero-order valence-electron chi connectivity index (χ0n) is 12.9. The highest BCUT2D eigenvalue weighted by atomic mass is 32.1. The first-order valence-corrected chi connectivity index (χ1v) is 8.72. The third-order valence-electron chi connectivity index (χ3n) is 4.26. The molecular formula is C17H20FN3OS. The molecule has 4 nitrogen and oxygen atoms in total. The Hall–Kier alpha value is -1.79. The summed E-state index contributed by atoms with van der Waals surface area (Å²) in [5, 5.41) is 2.57. The minimum atomic E-state index is -0.186. The molecule has 122 valence electrons. The van der Waals surface area contributed by atoms with Crippen LogP contribution in [-0.4, -0.2) is 28.9 Å². The number of hydrogen-bond donors (Lipinski definition) is 1. The fourth-order valence-electron chi connectivity index (χ4n) is 3.00. The molecule has 3 rings (SSSR count). The Kier molecular flexibility index (Phi) is 5.03. The monoisotopic (exact) mass is 333 g/mol.